The Bertz CT molecular complexity index is 327. The highest BCUT2D eigenvalue weighted by Crippen LogP contribution is 2.43. The summed E-state index contributed by atoms with van der Waals surface area (Å²) in [7, 11) is 3.12. The molecule has 1 saturated carbocycles. The van der Waals surface area contributed by atoms with Gasteiger partial charge in [0.15, 0.2) is 0 Å². The van der Waals surface area contributed by atoms with Crippen LogP contribution in [0.25, 0.3) is 0 Å². The van der Waals surface area contributed by atoms with E-state index in [0.29, 0.717) is 32.6 Å². The van der Waals surface area contributed by atoms with Crippen LogP contribution in [0.2, 0.25) is 0 Å². The van der Waals surface area contributed by atoms with Gasteiger partial charge in [-0.05, 0) is 19.8 Å². The molecule has 0 spiro atoms. The molecule has 6 heteroatoms. The van der Waals surface area contributed by atoms with Crippen molar-refractivity contribution >= 4 is 11.9 Å². The molecule has 0 aliphatic heterocycles. The summed E-state index contributed by atoms with van der Waals surface area (Å²) in [6, 6.07) is -0.163. The first-order valence-electron chi connectivity index (χ1n) is 6.52. The zero-order chi connectivity index (χ0) is 14.5. The maximum absolute atomic E-state index is 12.5. The number of carbonyl (C=O) groups excluding carboxylic acids is 1. The Labute approximate surface area is 113 Å². The van der Waals surface area contributed by atoms with Gasteiger partial charge in [-0.3, -0.25) is 9.59 Å². The van der Waals surface area contributed by atoms with E-state index in [2.05, 4.69) is 0 Å². The monoisotopic (exact) mass is 273 g/mol. The fourth-order valence-electron chi connectivity index (χ4n) is 2.37. The summed E-state index contributed by atoms with van der Waals surface area (Å²) in [6.45, 7) is 3.00. The van der Waals surface area contributed by atoms with Gasteiger partial charge in [0.25, 0.3) is 0 Å². The number of ether oxygens (including phenoxy) is 2. The van der Waals surface area contributed by atoms with Crippen LogP contribution in [-0.4, -0.2) is 61.9 Å². The molecule has 0 saturated heterocycles. The molecule has 1 fully saturated rings. The molecule has 0 bridgehead atoms. The number of nitrogens with zero attached hydrogens (tertiary/aromatic N) is 1. The van der Waals surface area contributed by atoms with Crippen molar-refractivity contribution in [2.24, 2.45) is 5.41 Å². The van der Waals surface area contributed by atoms with E-state index in [1.807, 2.05) is 6.92 Å². The number of hydrogen-bond acceptors (Lipinski definition) is 4. The topological polar surface area (TPSA) is 76.1 Å². The minimum atomic E-state index is -1.23. The minimum absolute atomic E-state index is 0.163. The van der Waals surface area contributed by atoms with E-state index in [-0.39, 0.29) is 11.9 Å². The third kappa shape index (κ3) is 3.25. The number of aliphatic carboxylic acids is 1. The van der Waals surface area contributed by atoms with Crippen LogP contribution in [0.1, 0.15) is 26.2 Å². The minimum Gasteiger partial charge on any atom is -0.480 e. The molecule has 1 aliphatic rings. The van der Waals surface area contributed by atoms with Gasteiger partial charge in [0.05, 0.1) is 19.3 Å². The summed E-state index contributed by atoms with van der Waals surface area (Å²) in [5, 5.41) is 9.33. The molecule has 1 rings (SSSR count). The van der Waals surface area contributed by atoms with Crippen molar-refractivity contribution in [3.63, 3.8) is 0 Å². The highest BCUT2D eigenvalue weighted by Gasteiger charge is 2.53. The molecule has 0 aromatic rings. The molecule has 1 N–H and O–H groups in total. The second-order valence-electron chi connectivity index (χ2n) is 5.04. The van der Waals surface area contributed by atoms with Gasteiger partial charge in [0, 0.05) is 20.8 Å². The van der Waals surface area contributed by atoms with Crippen LogP contribution in [0.5, 0.6) is 0 Å². The molecule has 0 heterocycles. The number of carboxylic acids is 1. The lowest BCUT2D eigenvalue weighted by Gasteiger charge is -2.41. The molecule has 110 valence electrons. The predicted molar refractivity (Wildman–Crippen MR) is 68.8 cm³/mol. The van der Waals surface area contributed by atoms with Crippen molar-refractivity contribution in [1.29, 1.82) is 0 Å². The second-order valence-corrected chi connectivity index (χ2v) is 5.04. The van der Waals surface area contributed by atoms with Gasteiger partial charge in [-0.25, -0.2) is 0 Å². The van der Waals surface area contributed by atoms with Crippen molar-refractivity contribution in [2.45, 2.75) is 32.2 Å². The van der Waals surface area contributed by atoms with E-state index in [0.717, 1.165) is 6.42 Å². The smallest absolute Gasteiger partial charge is 0.319 e. The van der Waals surface area contributed by atoms with Gasteiger partial charge < -0.3 is 19.5 Å². The van der Waals surface area contributed by atoms with Gasteiger partial charge in [0.2, 0.25) is 5.91 Å². The van der Waals surface area contributed by atoms with E-state index in [9.17, 15) is 14.7 Å². The highest BCUT2D eigenvalue weighted by atomic mass is 16.5. The second kappa shape index (κ2) is 6.86. The summed E-state index contributed by atoms with van der Waals surface area (Å²) in [6.07, 6.45) is 1.63. The number of carbonyl (C=O) groups is 2. The molecule has 6 nitrogen and oxygen atoms in total. The van der Waals surface area contributed by atoms with Crippen molar-refractivity contribution in [2.75, 3.05) is 34.0 Å². The van der Waals surface area contributed by atoms with Crippen molar-refractivity contribution < 1.29 is 24.2 Å². The summed E-state index contributed by atoms with van der Waals surface area (Å²) >= 11 is 0. The molecule has 1 aliphatic carbocycles. The van der Waals surface area contributed by atoms with E-state index in [1.165, 1.54) is 0 Å². The Morgan fingerprint density at radius 2 is 1.95 bits per heavy atom. The number of carboxylic acid groups (broad SMARTS) is 1. The zero-order valence-electron chi connectivity index (χ0n) is 11.8. The fraction of sp³-hybridized carbons (Fsp3) is 0.846. The lowest BCUT2D eigenvalue weighted by Crippen LogP contribution is -2.56. The van der Waals surface area contributed by atoms with E-state index in [1.54, 1.807) is 19.1 Å². The van der Waals surface area contributed by atoms with Crippen molar-refractivity contribution in [1.82, 2.24) is 4.90 Å². The molecule has 1 atom stereocenters. The van der Waals surface area contributed by atoms with Gasteiger partial charge in [-0.1, -0.05) is 6.42 Å². The van der Waals surface area contributed by atoms with Crippen LogP contribution < -0.4 is 0 Å². The van der Waals surface area contributed by atoms with Crippen molar-refractivity contribution in [3.05, 3.63) is 0 Å². The first-order chi connectivity index (χ1) is 8.99. The number of methoxy groups -OCH3 is 2. The molecular formula is C13H23NO5. The van der Waals surface area contributed by atoms with Crippen LogP contribution in [-0.2, 0) is 19.1 Å². The molecule has 0 radical (unpaired) electrons. The van der Waals surface area contributed by atoms with Crippen LogP contribution in [0.15, 0.2) is 0 Å². The molecule has 0 aromatic carbocycles. The van der Waals surface area contributed by atoms with E-state index < -0.39 is 11.4 Å². The van der Waals surface area contributed by atoms with E-state index in [4.69, 9.17) is 9.47 Å². The van der Waals surface area contributed by atoms with Gasteiger partial charge in [0.1, 0.15) is 5.41 Å². The normalized spacial score (nSPS) is 18.5. The molecule has 0 aromatic heterocycles. The molecule has 19 heavy (non-hydrogen) atoms. The predicted octanol–water partition coefficient (Wildman–Crippen LogP) is 0.751. The standard InChI is InChI=1S/C13H23NO5/c1-10(9-19-3)14(7-8-18-2)11(15)13(12(16)17)5-4-6-13/h10H,4-9H2,1-3H3,(H,16,17). The van der Waals surface area contributed by atoms with Gasteiger partial charge in [-0.15, -0.1) is 0 Å². The lowest BCUT2D eigenvalue weighted by atomic mass is 9.67. The Morgan fingerprint density at radius 1 is 1.32 bits per heavy atom. The van der Waals surface area contributed by atoms with Gasteiger partial charge >= 0.3 is 5.97 Å². The first-order valence-corrected chi connectivity index (χ1v) is 6.52. The maximum atomic E-state index is 12.5. The third-order valence-corrected chi connectivity index (χ3v) is 3.76. The zero-order valence-corrected chi connectivity index (χ0v) is 11.8. The highest BCUT2D eigenvalue weighted by molar-refractivity contribution is 6.03. The van der Waals surface area contributed by atoms with Crippen molar-refractivity contribution in [3.8, 4) is 0 Å². The molecular weight excluding hydrogens is 250 g/mol. The largest absolute Gasteiger partial charge is 0.480 e. The quantitative estimate of drug-likeness (QED) is 0.660. The summed E-state index contributed by atoms with van der Waals surface area (Å²) in [4.78, 5) is 25.5. The fourth-order valence-corrected chi connectivity index (χ4v) is 2.37. The summed E-state index contributed by atoms with van der Waals surface area (Å²) in [5.41, 5.74) is -1.23. The number of hydrogen-bond donors (Lipinski definition) is 1. The Morgan fingerprint density at radius 3 is 2.32 bits per heavy atom. The number of rotatable bonds is 8. The average Bonchev–Trinajstić information content (AvgIpc) is 2.27. The Balaban J connectivity index is 2.83. The van der Waals surface area contributed by atoms with Gasteiger partial charge in [-0.2, -0.15) is 0 Å². The van der Waals surface area contributed by atoms with E-state index >= 15 is 0 Å². The summed E-state index contributed by atoms with van der Waals surface area (Å²) in [5.74, 6) is -1.33. The van der Waals surface area contributed by atoms with Crippen LogP contribution in [0.3, 0.4) is 0 Å². The molecule has 1 unspecified atom stereocenters. The van der Waals surface area contributed by atoms with Crippen LogP contribution in [0.4, 0.5) is 0 Å². The van der Waals surface area contributed by atoms with Crippen LogP contribution >= 0.6 is 0 Å². The number of amides is 1. The summed E-state index contributed by atoms with van der Waals surface area (Å²) < 4.78 is 10.1. The third-order valence-electron chi connectivity index (χ3n) is 3.76. The SMILES string of the molecule is COCCN(C(=O)C1(C(=O)O)CCC1)C(C)COC. The Kier molecular flexibility index (Phi) is 5.75. The lowest BCUT2D eigenvalue weighted by molar-refractivity contribution is -0.169. The molecule has 1 amide bonds. The average molecular weight is 273 g/mol. The van der Waals surface area contributed by atoms with Crippen LogP contribution in [0, 0.1) is 5.41 Å². The first kappa shape index (κ1) is 15.9. The Hall–Kier alpha value is -1.14. The maximum Gasteiger partial charge on any atom is 0.319 e.